The van der Waals surface area contributed by atoms with Crippen molar-refractivity contribution in [1.29, 1.82) is 0 Å². The number of rotatable bonds is 3. The van der Waals surface area contributed by atoms with Crippen LogP contribution in [0.15, 0.2) is 29.8 Å². The number of aryl methyl sites for hydroxylation is 1. The molecule has 0 unspecified atom stereocenters. The van der Waals surface area contributed by atoms with Crippen LogP contribution in [0.1, 0.15) is 57.3 Å². The van der Waals surface area contributed by atoms with Crippen LogP contribution in [0.25, 0.3) is 0 Å². The predicted octanol–water partition coefficient (Wildman–Crippen LogP) is 3.49. The number of hydrogen-bond acceptors (Lipinski definition) is 4. The van der Waals surface area contributed by atoms with E-state index in [1.54, 1.807) is 4.31 Å². The highest BCUT2D eigenvalue weighted by atomic mass is 32.2. The molecule has 6 heteroatoms. The molecular weight excluding hydrogens is 396 g/mol. The number of Topliss-reactive ketones (excluding diaryl/α,β-unsaturated/α-hetero) is 1. The molecule has 0 spiro atoms. The van der Waals surface area contributed by atoms with Crippen LogP contribution in [-0.2, 0) is 14.8 Å². The van der Waals surface area contributed by atoms with E-state index in [4.69, 9.17) is 0 Å². The number of allylic oxidation sites excluding steroid dienone is 1. The minimum Gasteiger partial charge on any atom is -0.299 e. The normalized spacial score (nSPS) is 28.3. The lowest BCUT2D eigenvalue weighted by atomic mass is 9.70. The summed E-state index contributed by atoms with van der Waals surface area (Å²) in [6, 6.07) is 5.75. The second kappa shape index (κ2) is 7.62. The van der Waals surface area contributed by atoms with E-state index in [0.717, 1.165) is 23.4 Å². The Morgan fingerprint density at radius 2 is 2.00 bits per heavy atom. The Morgan fingerprint density at radius 3 is 2.60 bits per heavy atom. The molecule has 2 heterocycles. The van der Waals surface area contributed by atoms with E-state index in [0.29, 0.717) is 44.7 Å². The van der Waals surface area contributed by atoms with E-state index in [2.05, 4.69) is 30.7 Å². The summed E-state index contributed by atoms with van der Waals surface area (Å²) in [6.45, 7) is 7.04. The van der Waals surface area contributed by atoms with Crippen LogP contribution in [0.3, 0.4) is 0 Å². The third-order valence-corrected chi connectivity index (χ3v) is 9.70. The predicted molar refractivity (Wildman–Crippen MR) is 117 cm³/mol. The molecule has 1 aromatic heterocycles. The van der Waals surface area contributed by atoms with Gasteiger partial charge in [-0.15, -0.1) is 0 Å². The third-order valence-electron chi connectivity index (χ3n) is 7.69. The Balaban J connectivity index is 1.41. The standard InChI is InChI=1S/C24H30N2O3S/c1-18-6-4-8-21(25-18)9-5-7-19-11-14-26(15-12-19)30(28,29)17-24-13-10-20(16-22(24)27)23(24,2)3/h4,6-8,20H,10-17H2,1-3H3/t20-,24-/m1/s1. The molecule has 0 N–H and O–H groups in total. The first-order chi connectivity index (χ1) is 14.1. The Morgan fingerprint density at radius 1 is 1.27 bits per heavy atom. The quantitative estimate of drug-likeness (QED) is 0.694. The highest BCUT2D eigenvalue weighted by Crippen LogP contribution is 2.64. The number of carbonyl (C=O) groups excluding carboxylic acids is 1. The van der Waals surface area contributed by atoms with Crippen LogP contribution < -0.4 is 0 Å². The van der Waals surface area contributed by atoms with Crippen molar-refractivity contribution in [2.24, 2.45) is 16.7 Å². The minimum atomic E-state index is -3.47. The molecule has 30 heavy (non-hydrogen) atoms. The van der Waals surface area contributed by atoms with E-state index in [9.17, 15) is 13.2 Å². The van der Waals surface area contributed by atoms with E-state index < -0.39 is 15.4 Å². The first-order valence-electron chi connectivity index (χ1n) is 10.8. The lowest BCUT2D eigenvalue weighted by Gasteiger charge is -2.38. The number of pyridine rings is 1. The number of hydrogen-bond donors (Lipinski definition) is 0. The number of carbonyl (C=O) groups is 1. The maximum absolute atomic E-state index is 13.2. The topological polar surface area (TPSA) is 67.3 Å². The van der Waals surface area contributed by atoms with Crippen molar-refractivity contribution in [2.75, 3.05) is 18.8 Å². The summed E-state index contributed by atoms with van der Waals surface area (Å²) in [6.07, 6.45) is 5.49. The Kier molecular flexibility index (Phi) is 5.40. The van der Waals surface area contributed by atoms with Gasteiger partial charge in [-0.05, 0) is 68.1 Å². The maximum Gasteiger partial charge on any atom is 0.215 e. The smallest absolute Gasteiger partial charge is 0.215 e. The van der Waals surface area contributed by atoms with E-state index in [1.165, 1.54) is 0 Å². The Hall–Kier alpha value is -1.97. The highest BCUT2D eigenvalue weighted by Gasteiger charge is 2.65. The molecular formula is C24H30N2O3S. The largest absolute Gasteiger partial charge is 0.299 e. The molecule has 3 aliphatic rings. The molecule has 3 fully saturated rings. The lowest BCUT2D eigenvalue weighted by molar-refractivity contribution is -0.128. The van der Waals surface area contributed by atoms with Crippen LogP contribution in [0.4, 0.5) is 0 Å². The van der Waals surface area contributed by atoms with Gasteiger partial charge in [-0.25, -0.2) is 17.7 Å². The zero-order chi connectivity index (χ0) is 21.6. The second-order valence-corrected chi connectivity index (χ2v) is 11.5. The monoisotopic (exact) mass is 426 g/mol. The molecule has 5 nitrogen and oxygen atoms in total. The van der Waals surface area contributed by atoms with Crippen LogP contribution in [-0.4, -0.2) is 42.3 Å². The SMILES string of the molecule is Cc1cccc(C#CC=C2CCN(S(=O)(=O)C[C@]34CC[C@H](CC3=O)C4(C)C)CC2)n1. The van der Waals surface area contributed by atoms with Crippen molar-refractivity contribution < 1.29 is 13.2 Å². The van der Waals surface area contributed by atoms with Crippen LogP contribution >= 0.6 is 0 Å². The molecule has 160 valence electrons. The second-order valence-electron chi connectivity index (χ2n) is 9.56. The zero-order valence-electron chi connectivity index (χ0n) is 18.1. The Bertz CT molecular complexity index is 1050. The summed E-state index contributed by atoms with van der Waals surface area (Å²) in [5.41, 5.74) is 1.92. The zero-order valence-corrected chi connectivity index (χ0v) is 18.9. The molecule has 2 atom stereocenters. The van der Waals surface area contributed by atoms with Gasteiger partial charge in [0.05, 0.1) is 5.75 Å². The first-order valence-corrected chi connectivity index (χ1v) is 12.4. The average Bonchev–Trinajstić information content (AvgIpc) is 3.02. The van der Waals surface area contributed by atoms with Crippen molar-refractivity contribution in [3.05, 3.63) is 41.2 Å². The number of piperidine rings is 1. The molecule has 1 aliphatic heterocycles. The van der Waals surface area contributed by atoms with Gasteiger partial charge in [0.25, 0.3) is 0 Å². The van der Waals surface area contributed by atoms with Gasteiger partial charge in [-0.1, -0.05) is 31.4 Å². The van der Waals surface area contributed by atoms with Gasteiger partial charge < -0.3 is 0 Å². The molecule has 1 aromatic rings. The van der Waals surface area contributed by atoms with Gasteiger partial charge >= 0.3 is 0 Å². The first kappa shape index (κ1) is 21.3. The van der Waals surface area contributed by atoms with E-state index in [-0.39, 0.29) is 17.0 Å². The van der Waals surface area contributed by atoms with Gasteiger partial charge in [0.15, 0.2) is 0 Å². The number of ketones is 1. The molecule has 0 radical (unpaired) electrons. The summed E-state index contributed by atoms with van der Waals surface area (Å²) < 4.78 is 28.0. The number of sulfonamides is 1. The van der Waals surface area contributed by atoms with E-state index in [1.807, 2.05) is 31.2 Å². The van der Waals surface area contributed by atoms with Gasteiger partial charge in [-0.3, -0.25) is 4.79 Å². The third kappa shape index (κ3) is 3.63. The summed E-state index contributed by atoms with van der Waals surface area (Å²) in [5.74, 6) is 6.57. The van der Waals surface area contributed by atoms with Gasteiger partial charge in [0.2, 0.25) is 10.0 Å². The fourth-order valence-corrected chi connectivity index (χ4v) is 7.75. The summed E-state index contributed by atoms with van der Waals surface area (Å²) in [5, 5.41) is 0. The molecule has 4 rings (SSSR count). The molecule has 2 aliphatic carbocycles. The van der Waals surface area contributed by atoms with Crippen molar-refractivity contribution in [3.8, 4) is 11.8 Å². The van der Waals surface area contributed by atoms with Gasteiger partial charge in [-0.2, -0.15) is 0 Å². The van der Waals surface area contributed by atoms with Crippen LogP contribution in [0.5, 0.6) is 0 Å². The number of fused-ring (bicyclic) bond motifs is 2. The van der Waals surface area contributed by atoms with Crippen molar-refractivity contribution in [3.63, 3.8) is 0 Å². The molecule has 2 saturated carbocycles. The van der Waals surface area contributed by atoms with E-state index >= 15 is 0 Å². The highest BCUT2D eigenvalue weighted by molar-refractivity contribution is 7.89. The summed E-state index contributed by atoms with van der Waals surface area (Å²) in [4.78, 5) is 17.1. The van der Waals surface area contributed by atoms with Crippen molar-refractivity contribution in [1.82, 2.24) is 9.29 Å². The molecule has 2 bridgehead atoms. The fourth-order valence-electron chi connectivity index (χ4n) is 5.53. The number of aromatic nitrogens is 1. The van der Waals surface area contributed by atoms with Crippen LogP contribution in [0, 0.1) is 35.5 Å². The Labute approximate surface area is 180 Å². The molecule has 1 saturated heterocycles. The van der Waals surface area contributed by atoms with Crippen molar-refractivity contribution >= 4 is 15.8 Å². The molecule has 0 amide bonds. The van der Waals surface area contributed by atoms with Crippen molar-refractivity contribution in [2.45, 2.75) is 52.9 Å². The van der Waals surface area contributed by atoms with Crippen LogP contribution in [0.2, 0.25) is 0 Å². The number of nitrogens with zero attached hydrogens (tertiary/aromatic N) is 2. The molecule has 0 aromatic carbocycles. The minimum absolute atomic E-state index is 0.0276. The van der Waals surface area contributed by atoms with Gasteiger partial charge in [0.1, 0.15) is 11.5 Å². The lowest BCUT2D eigenvalue weighted by Crippen LogP contribution is -2.47. The maximum atomic E-state index is 13.2. The average molecular weight is 427 g/mol. The summed E-state index contributed by atoms with van der Waals surface area (Å²) >= 11 is 0. The fraction of sp³-hybridized carbons (Fsp3) is 0.583. The summed E-state index contributed by atoms with van der Waals surface area (Å²) in [7, 11) is -3.47. The van der Waals surface area contributed by atoms with Gasteiger partial charge in [0, 0.05) is 30.6 Å².